The number of hydrogen-bond acceptors (Lipinski definition) is 8. The van der Waals surface area contributed by atoms with E-state index in [0.717, 1.165) is 0 Å². The number of hydrogen-bond donors (Lipinski definition) is 3. The van der Waals surface area contributed by atoms with Gasteiger partial charge in [-0.15, -0.1) is 0 Å². The summed E-state index contributed by atoms with van der Waals surface area (Å²) in [7, 11) is 0. The van der Waals surface area contributed by atoms with Crippen molar-refractivity contribution in [3.8, 4) is 0 Å². The van der Waals surface area contributed by atoms with Crippen LogP contribution in [0.15, 0.2) is 29.4 Å². The van der Waals surface area contributed by atoms with Gasteiger partial charge in [0.1, 0.15) is 18.7 Å². The summed E-state index contributed by atoms with van der Waals surface area (Å²) in [5, 5.41) is 22.1. The molecule has 4 heterocycles. The Balaban J connectivity index is 1.59. The van der Waals surface area contributed by atoms with E-state index in [1.807, 2.05) is 0 Å². The maximum absolute atomic E-state index is 13.4. The van der Waals surface area contributed by atoms with Crippen LogP contribution in [-0.4, -0.2) is 48.5 Å². The van der Waals surface area contributed by atoms with E-state index < -0.39 is 24.3 Å². The van der Waals surface area contributed by atoms with Gasteiger partial charge in [-0.2, -0.15) is 0 Å². The minimum Gasteiger partial charge on any atom is -0.464 e. The first-order valence-electron chi connectivity index (χ1n) is 7.75. The quantitative estimate of drug-likeness (QED) is 0.619. The molecule has 4 rings (SSSR count). The molecule has 1 unspecified atom stereocenters. The molecule has 0 bridgehead atoms. The number of ether oxygens (including phenoxy) is 1. The van der Waals surface area contributed by atoms with Crippen molar-refractivity contribution in [1.29, 1.82) is 0 Å². The van der Waals surface area contributed by atoms with E-state index in [0.29, 0.717) is 23.4 Å². The largest absolute Gasteiger partial charge is 0.464 e. The number of nitrogens with one attached hydrogen (secondary N) is 1. The first kappa shape index (κ1) is 15.9. The minimum absolute atomic E-state index is 0.114. The zero-order chi connectivity index (χ0) is 17.4. The Kier molecular flexibility index (Phi) is 4.07. The van der Waals surface area contributed by atoms with Crippen molar-refractivity contribution in [1.82, 2.24) is 19.5 Å². The van der Waals surface area contributed by atoms with Crippen molar-refractivity contribution in [2.75, 3.05) is 11.9 Å². The van der Waals surface area contributed by atoms with Gasteiger partial charge in [0.05, 0.1) is 31.8 Å². The number of aliphatic hydroxyl groups excluding tert-OH is 2. The molecule has 0 saturated carbocycles. The van der Waals surface area contributed by atoms with Crippen molar-refractivity contribution in [3.63, 3.8) is 0 Å². The zero-order valence-corrected chi connectivity index (χ0v) is 13.0. The van der Waals surface area contributed by atoms with Crippen molar-refractivity contribution in [3.05, 3.63) is 36.6 Å². The Morgan fingerprint density at radius 2 is 2.24 bits per heavy atom. The van der Waals surface area contributed by atoms with E-state index in [2.05, 4.69) is 20.3 Å². The van der Waals surface area contributed by atoms with Crippen LogP contribution in [0.4, 0.5) is 10.2 Å². The lowest BCUT2D eigenvalue weighted by atomic mass is 10.2. The zero-order valence-electron chi connectivity index (χ0n) is 13.0. The van der Waals surface area contributed by atoms with Gasteiger partial charge >= 0.3 is 0 Å². The number of nitrogens with zero attached hydrogens (tertiary/aromatic N) is 4. The second-order valence-corrected chi connectivity index (χ2v) is 5.71. The first-order valence-corrected chi connectivity index (χ1v) is 7.75. The highest BCUT2D eigenvalue weighted by Gasteiger charge is 2.35. The number of aliphatic hydroxyl groups is 2. The molecule has 1 saturated heterocycles. The standard InChI is InChI=1S/C15H16FN5O4/c16-8-1-2-24-10(8)4-17-14-13-15(19-6-18-14)21(7-20-13)12-3-9(23)11(5-22)25-12/h1-2,6-7,9,11-12,22-23H,3-5H2,(H,17,18,19)/t9-,11+,12?/m0/s1. The second kappa shape index (κ2) is 6.39. The molecule has 0 aromatic carbocycles. The Morgan fingerprint density at radius 3 is 2.96 bits per heavy atom. The molecule has 1 fully saturated rings. The molecule has 0 spiro atoms. The number of imidazole rings is 1. The highest BCUT2D eigenvalue weighted by atomic mass is 19.1. The average molecular weight is 349 g/mol. The van der Waals surface area contributed by atoms with Gasteiger partial charge in [-0.05, 0) is 0 Å². The number of halogens is 1. The molecule has 3 aromatic rings. The maximum Gasteiger partial charge on any atom is 0.167 e. The van der Waals surface area contributed by atoms with E-state index in [1.165, 1.54) is 25.0 Å². The van der Waals surface area contributed by atoms with E-state index >= 15 is 0 Å². The van der Waals surface area contributed by atoms with Gasteiger partial charge in [0.2, 0.25) is 0 Å². The van der Waals surface area contributed by atoms with Crippen LogP contribution in [0.3, 0.4) is 0 Å². The Morgan fingerprint density at radius 1 is 1.36 bits per heavy atom. The van der Waals surface area contributed by atoms with E-state index in [1.54, 1.807) is 4.57 Å². The Hall–Kier alpha value is -2.56. The topological polar surface area (TPSA) is 118 Å². The second-order valence-electron chi connectivity index (χ2n) is 5.71. The predicted molar refractivity (Wildman–Crippen MR) is 82.9 cm³/mol. The van der Waals surface area contributed by atoms with Crippen LogP contribution in [-0.2, 0) is 11.3 Å². The van der Waals surface area contributed by atoms with Gasteiger partial charge < -0.3 is 24.7 Å². The third-order valence-corrected chi connectivity index (χ3v) is 4.16. The fourth-order valence-corrected chi connectivity index (χ4v) is 2.86. The molecule has 3 aromatic heterocycles. The third-order valence-electron chi connectivity index (χ3n) is 4.16. The Labute approximate surface area is 141 Å². The van der Waals surface area contributed by atoms with Gasteiger partial charge in [0.15, 0.2) is 28.6 Å². The number of furan rings is 1. The molecule has 3 atom stereocenters. The van der Waals surface area contributed by atoms with E-state index in [9.17, 15) is 14.6 Å². The Bertz CT molecular complexity index is 882. The van der Waals surface area contributed by atoms with Crippen molar-refractivity contribution in [2.24, 2.45) is 0 Å². The molecule has 3 N–H and O–H groups in total. The minimum atomic E-state index is -0.756. The molecule has 9 nitrogen and oxygen atoms in total. The molecule has 0 radical (unpaired) electrons. The molecule has 25 heavy (non-hydrogen) atoms. The van der Waals surface area contributed by atoms with Crippen LogP contribution < -0.4 is 5.32 Å². The lowest BCUT2D eigenvalue weighted by Gasteiger charge is -2.13. The molecule has 1 aliphatic heterocycles. The van der Waals surface area contributed by atoms with Gasteiger partial charge in [-0.3, -0.25) is 4.57 Å². The molecule has 132 valence electrons. The van der Waals surface area contributed by atoms with E-state index in [-0.39, 0.29) is 18.9 Å². The first-order chi connectivity index (χ1) is 12.2. The molecule has 0 amide bonds. The fourth-order valence-electron chi connectivity index (χ4n) is 2.86. The molecule has 10 heteroatoms. The van der Waals surface area contributed by atoms with Crippen molar-refractivity contribution < 1.29 is 23.8 Å². The summed E-state index contributed by atoms with van der Waals surface area (Å²) in [5.74, 6) is 0.155. The van der Waals surface area contributed by atoms with Gasteiger partial charge in [-0.25, -0.2) is 19.3 Å². The van der Waals surface area contributed by atoms with E-state index in [4.69, 9.17) is 9.15 Å². The van der Waals surface area contributed by atoms with Gasteiger partial charge in [-0.1, -0.05) is 0 Å². The van der Waals surface area contributed by atoms with Gasteiger partial charge in [0, 0.05) is 12.5 Å². The summed E-state index contributed by atoms with van der Waals surface area (Å²) in [4.78, 5) is 12.6. The normalized spacial score (nSPS) is 23.4. The third kappa shape index (κ3) is 2.84. The summed E-state index contributed by atoms with van der Waals surface area (Å²) in [6, 6.07) is 1.24. The predicted octanol–water partition coefficient (Wildman–Crippen LogP) is 0.811. The van der Waals surface area contributed by atoms with Crippen molar-refractivity contribution in [2.45, 2.75) is 31.4 Å². The average Bonchev–Trinajstić information content (AvgIpc) is 3.31. The van der Waals surface area contributed by atoms with Crippen LogP contribution in [0.5, 0.6) is 0 Å². The summed E-state index contributed by atoms with van der Waals surface area (Å²) in [6.45, 7) is -0.149. The lowest BCUT2D eigenvalue weighted by Crippen LogP contribution is -2.24. The lowest BCUT2D eigenvalue weighted by molar-refractivity contribution is -0.0432. The summed E-state index contributed by atoms with van der Waals surface area (Å²) in [5.41, 5.74) is 0.994. The number of fused-ring (bicyclic) bond motifs is 1. The van der Waals surface area contributed by atoms with Crippen LogP contribution in [0.2, 0.25) is 0 Å². The molecule has 1 aliphatic rings. The van der Waals surface area contributed by atoms with Crippen LogP contribution in [0.25, 0.3) is 11.2 Å². The molecule has 0 aliphatic carbocycles. The summed E-state index contributed by atoms with van der Waals surface area (Å²) < 4.78 is 25.8. The van der Waals surface area contributed by atoms with Crippen LogP contribution >= 0.6 is 0 Å². The highest BCUT2D eigenvalue weighted by Crippen LogP contribution is 2.31. The maximum atomic E-state index is 13.4. The summed E-state index contributed by atoms with van der Waals surface area (Å²) in [6.07, 6.45) is 2.61. The molecular formula is C15H16FN5O4. The van der Waals surface area contributed by atoms with Gasteiger partial charge in [0.25, 0.3) is 0 Å². The van der Waals surface area contributed by atoms with Crippen molar-refractivity contribution >= 4 is 17.0 Å². The van der Waals surface area contributed by atoms with Crippen LogP contribution in [0.1, 0.15) is 18.4 Å². The number of rotatable bonds is 5. The summed E-state index contributed by atoms with van der Waals surface area (Å²) >= 11 is 0. The molecular weight excluding hydrogens is 333 g/mol. The highest BCUT2D eigenvalue weighted by molar-refractivity contribution is 5.82. The monoisotopic (exact) mass is 349 g/mol. The number of aromatic nitrogens is 4. The number of anilines is 1. The smallest absolute Gasteiger partial charge is 0.167 e. The SMILES string of the molecule is OC[C@H]1OC(n2cnc3c(NCc4occc4F)ncnc32)C[C@@H]1O. The fraction of sp³-hybridized carbons (Fsp3) is 0.400. The van der Waals surface area contributed by atoms with Crippen LogP contribution in [0, 0.1) is 5.82 Å².